The van der Waals surface area contributed by atoms with Gasteiger partial charge in [0.1, 0.15) is 5.75 Å². The number of anilines is 1. The Bertz CT molecular complexity index is 928. The molecule has 0 atom stereocenters. The third-order valence-corrected chi connectivity index (χ3v) is 5.08. The van der Waals surface area contributed by atoms with Gasteiger partial charge in [0.2, 0.25) is 17.0 Å². The topological polar surface area (TPSA) is 77.2 Å². The fourth-order valence-electron chi connectivity index (χ4n) is 2.35. The summed E-state index contributed by atoms with van der Waals surface area (Å²) < 4.78 is 10.4. The molecule has 0 unspecified atom stereocenters. The van der Waals surface area contributed by atoms with Crippen LogP contribution in [0.3, 0.4) is 0 Å². The van der Waals surface area contributed by atoms with Crippen LogP contribution in [0.15, 0.2) is 52.1 Å². The van der Waals surface area contributed by atoms with E-state index in [0.717, 1.165) is 16.9 Å². The van der Waals surface area contributed by atoms with Gasteiger partial charge in [0.05, 0.1) is 19.3 Å². The van der Waals surface area contributed by atoms with Gasteiger partial charge < -0.3 is 14.6 Å². The van der Waals surface area contributed by atoms with E-state index in [0.29, 0.717) is 28.2 Å². The maximum absolute atomic E-state index is 12.1. The molecule has 0 saturated carbocycles. The summed E-state index contributed by atoms with van der Waals surface area (Å²) in [6.45, 7) is 1.86. The summed E-state index contributed by atoms with van der Waals surface area (Å²) in [6, 6.07) is 13.0. The summed E-state index contributed by atoms with van der Waals surface area (Å²) in [5.41, 5.74) is 2.56. The Hall–Kier alpha value is -2.51. The molecule has 3 rings (SSSR count). The van der Waals surface area contributed by atoms with Crippen molar-refractivity contribution >= 4 is 35.0 Å². The van der Waals surface area contributed by atoms with Crippen molar-refractivity contribution in [3.63, 3.8) is 0 Å². The van der Waals surface area contributed by atoms with Crippen LogP contribution < -0.4 is 10.1 Å². The molecule has 1 aromatic heterocycles. The molecule has 0 spiro atoms. The normalized spacial score (nSPS) is 10.6. The first-order chi connectivity index (χ1) is 13.0. The molecule has 140 valence electrons. The number of ether oxygens (including phenoxy) is 1. The number of nitrogens with one attached hydrogen (secondary N) is 1. The predicted molar refractivity (Wildman–Crippen MR) is 106 cm³/mol. The van der Waals surface area contributed by atoms with E-state index in [2.05, 4.69) is 15.5 Å². The lowest BCUT2D eigenvalue weighted by Gasteiger charge is -2.08. The number of hydrogen-bond acceptors (Lipinski definition) is 6. The molecule has 0 aliphatic rings. The average Bonchev–Trinajstić information content (AvgIpc) is 3.12. The van der Waals surface area contributed by atoms with E-state index in [4.69, 9.17) is 20.9 Å². The van der Waals surface area contributed by atoms with Gasteiger partial charge in [-0.3, -0.25) is 4.79 Å². The largest absolute Gasteiger partial charge is 0.497 e. The number of nitrogens with zero attached hydrogens (tertiary/aromatic N) is 2. The highest BCUT2D eigenvalue weighted by Gasteiger charge is 2.12. The van der Waals surface area contributed by atoms with Crippen LogP contribution in [0, 0.1) is 6.92 Å². The van der Waals surface area contributed by atoms with Crippen molar-refractivity contribution in [3.05, 3.63) is 64.5 Å². The van der Waals surface area contributed by atoms with E-state index in [9.17, 15) is 4.79 Å². The van der Waals surface area contributed by atoms with Crippen LogP contribution in [0.2, 0.25) is 5.02 Å². The second-order valence-electron chi connectivity index (χ2n) is 5.74. The Morgan fingerprint density at radius 3 is 2.78 bits per heavy atom. The van der Waals surface area contributed by atoms with Gasteiger partial charge in [-0.25, -0.2) is 0 Å². The second kappa shape index (κ2) is 8.92. The van der Waals surface area contributed by atoms with E-state index >= 15 is 0 Å². The zero-order valence-electron chi connectivity index (χ0n) is 14.9. The van der Waals surface area contributed by atoms with Crippen molar-refractivity contribution in [1.82, 2.24) is 10.1 Å². The molecule has 27 heavy (non-hydrogen) atoms. The molecule has 0 fully saturated rings. The van der Waals surface area contributed by atoms with Crippen LogP contribution in [0.25, 0.3) is 0 Å². The van der Waals surface area contributed by atoms with Gasteiger partial charge in [-0.05, 0) is 42.3 Å². The van der Waals surface area contributed by atoms with Crippen LogP contribution in [0.5, 0.6) is 5.75 Å². The van der Waals surface area contributed by atoms with Crippen molar-refractivity contribution in [2.24, 2.45) is 0 Å². The van der Waals surface area contributed by atoms with Crippen LogP contribution in [-0.2, 0) is 11.2 Å². The highest BCUT2D eigenvalue weighted by molar-refractivity contribution is 7.99. The molecule has 3 aromatic rings. The summed E-state index contributed by atoms with van der Waals surface area (Å²) in [5.74, 6) is 1.30. The first kappa shape index (κ1) is 19.3. The Morgan fingerprint density at radius 2 is 2.04 bits per heavy atom. The summed E-state index contributed by atoms with van der Waals surface area (Å²) >= 11 is 7.27. The number of carbonyl (C=O) groups excluding carboxylic acids is 1. The maximum Gasteiger partial charge on any atom is 0.234 e. The number of methoxy groups -OCH3 is 1. The van der Waals surface area contributed by atoms with Gasteiger partial charge >= 0.3 is 0 Å². The van der Waals surface area contributed by atoms with Crippen molar-refractivity contribution < 1.29 is 14.1 Å². The summed E-state index contributed by atoms with van der Waals surface area (Å²) in [7, 11) is 1.63. The highest BCUT2D eigenvalue weighted by atomic mass is 35.5. The molecule has 0 saturated heterocycles. The van der Waals surface area contributed by atoms with Crippen LogP contribution in [0.1, 0.15) is 17.0 Å². The number of carbonyl (C=O) groups is 1. The molecule has 1 amide bonds. The fourth-order valence-corrected chi connectivity index (χ4v) is 3.11. The van der Waals surface area contributed by atoms with Crippen molar-refractivity contribution in [1.29, 1.82) is 0 Å². The van der Waals surface area contributed by atoms with Gasteiger partial charge in [-0.2, -0.15) is 4.98 Å². The number of aromatic nitrogens is 2. The Morgan fingerprint density at radius 1 is 1.26 bits per heavy atom. The Balaban J connectivity index is 1.52. The molecule has 6 nitrogen and oxygen atoms in total. The van der Waals surface area contributed by atoms with Crippen molar-refractivity contribution in [2.75, 3.05) is 18.2 Å². The van der Waals surface area contributed by atoms with Gasteiger partial charge in [-0.1, -0.05) is 46.7 Å². The number of hydrogen-bond donors (Lipinski definition) is 1. The van der Waals surface area contributed by atoms with E-state index < -0.39 is 0 Å². The monoisotopic (exact) mass is 403 g/mol. The number of thioether (sulfide) groups is 1. The minimum absolute atomic E-state index is 0.160. The molecule has 8 heteroatoms. The zero-order valence-corrected chi connectivity index (χ0v) is 16.4. The lowest BCUT2D eigenvalue weighted by atomic mass is 10.1. The molecule has 2 aromatic carbocycles. The molecular formula is C19H18ClN3O3S. The minimum Gasteiger partial charge on any atom is -0.497 e. The lowest BCUT2D eigenvalue weighted by Crippen LogP contribution is -2.15. The molecule has 0 aliphatic carbocycles. The Labute approximate surface area is 166 Å². The smallest absolute Gasteiger partial charge is 0.234 e. The first-order valence-corrected chi connectivity index (χ1v) is 9.55. The van der Waals surface area contributed by atoms with Gasteiger partial charge in [0, 0.05) is 10.7 Å². The maximum atomic E-state index is 12.1. The molecule has 0 aliphatic heterocycles. The predicted octanol–water partition coefficient (Wildman–Crippen LogP) is 4.36. The number of benzene rings is 2. The third kappa shape index (κ3) is 5.24. The van der Waals surface area contributed by atoms with Gasteiger partial charge in [0.25, 0.3) is 0 Å². The molecular weight excluding hydrogens is 386 g/mol. The summed E-state index contributed by atoms with van der Waals surface area (Å²) in [4.78, 5) is 16.4. The van der Waals surface area contributed by atoms with Gasteiger partial charge in [-0.15, -0.1) is 0 Å². The molecule has 0 radical (unpaired) electrons. The zero-order chi connectivity index (χ0) is 19.2. The van der Waals surface area contributed by atoms with Crippen molar-refractivity contribution in [2.45, 2.75) is 18.5 Å². The van der Waals surface area contributed by atoms with Crippen LogP contribution in [0.4, 0.5) is 5.69 Å². The van der Waals surface area contributed by atoms with E-state index in [1.165, 1.54) is 11.8 Å². The number of rotatable bonds is 7. The van der Waals surface area contributed by atoms with Crippen LogP contribution >= 0.6 is 23.4 Å². The number of halogens is 1. The SMILES string of the molecule is COc1ccc(Cc2nc(SCC(=O)Nc3cccc(Cl)c3C)no2)cc1. The molecule has 1 heterocycles. The highest BCUT2D eigenvalue weighted by Crippen LogP contribution is 2.23. The lowest BCUT2D eigenvalue weighted by molar-refractivity contribution is -0.113. The number of amides is 1. The quantitative estimate of drug-likeness (QED) is 0.590. The Kier molecular flexibility index (Phi) is 6.36. The van der Waals surface area contributed by atoms with Crippen molar-refractivity contribution in [3.8, 4) is 5.75 Å². The summed E-state index contributed by atoms with van der Waals surface area (Å²) in [6.07, 6.45) is 0.519. The average molecular weight is 404 g/mol. The first-order valence-electron chi connectivity index (χ1n) is 8.18. The van der Waals surface area contributed by atoms with Crippen LogP contribution in [-0.4, -0.2) is 28.9 Å². The van der Waals surface area contributed by atoms with E-state index in [1.54, 1.807) is 19.2 Å². The fraction of sp³-hybridized carbons (Fsp3) is 0.211. The second-order valence-corrected chi connectivity index (χ2v) is 7.09. The summed E-state index contributed by atoms with van der Waals surface area (Å²) in [5, 5.41) is 7.78. The minimum atomic E-state index is -0.160. The van der Waals surface area contributed by atoms with Gasteiger partial charge in [0.15, 0.2) is 0 Å². The molecule has 0 bridgehead atoms. The van der Waals surface area contributed by atoms with E-state index in [1.807, 2.05) is 37.3 Å². The standard InChI is InChI=1S/C19H18ClN3O3S/c1-12-15(20)4-3-5-16(12)21-17(24)11-27-19-22-18(26-23-19)10-13-6-8-14(25-2)9-7-13/h3-9H,10-11H2,1-2H3,(H,21,24). The van der Waals surface area contributed by atoms with E-state index in [-0.39, 0.29) is 11.7 Å². The molecule has 1 N–H and O–H groups in total. The third-order valence-electron chi connectivity index (χ3n) is 3.84.